The number of hydrogen-bond donors (Lipinski definition) is 0. The second-order valence-corrected chi connectivity index (χ2v) is 5.51. The second-order valence-electron chi connectivity index (χ2n) is 5.51. The summed E-state index contributed by atoms with van der Waals surface area (Å²) in [6.45, 7) is 5.67. The number of rotatable bonds is 16. The molecule has 19 heavy (non-hydrogen) atoms. The molecule has 0 heterocycles. The van der Waals surface area contributed by atoms with Crippen LogP contribution in [0.2, 0.25) is 0 Å². The largest absolute Gasteiger partial charge is 0.379 e. The minimum atomic E-state index is 1.11. The van der Waals surface area contributed by atoms with E-state index in [1.165, 1.54) is 83.5 Å². The SMILES string of the molecule is C=CCCCCCCCCCCCCCC[CH]OC. The quantitative estimate of drug-likeness (QED) is 0.231. The lowest BCUT2D eigenvalue weighted by molar-refractivity contribution is 0.262. The zero-order chi connectivity index (χ0) is 14.0. The highest BCUT2D eigenvalue weighted by molar-refractivity contribution is 4.65. The van der Waals surface area contributed by atoms with E-state index in [1.54, 1.807) is 7.11 Å². The molecule has 113 valence electrons. The summed E-state index contributed by atoms with van der Waals surface area (Å²) in [5.41, 5.74) is 0. The zero-order valence-electron chi connectivity index (χ0n) is 13.2. The Labute approximate surface area is 121 Å². The van der Waals surface area contributed by atoms with E-state index in [-0.39, 0.29) is 0 Å². The first-order chi connectivity index (χ1) is 9.41. The van der Waals surface area contributed by atoms with E-state index in [0.717, 1.165) is 6.42 Å². The molecule has 0 aromatic carbocycles. The number of hydrogen-bond acceptors (Lipinski definition) is 1. The van der Waals surface area contributed by atoms with E-state index in [4.69, 9.17) is 4.74 Å². The Morgan fingerprint density at radius 3 is 1.37 bits per heavy atom. The molecule has 0 aromatic rings. The molecule has 0 aromatic heterocycles. The van der Waals surface area contributed by atoms with Crippen molar-refractivity contribution in [3.05, 3.63) is 19.3 Å². The van der Waals surface area contributed by atoms with Gasteiger partial charge in [-0.3, -0.25) is 0 Å². The van der Waals surface area contributed by atoms with Gasteiger partial charge in [0.25, 0.3) is 0 Å². The van der Waals surface area contributed by atoms with E-state index < -0.39 is 0 Å². The van der Waals surface area contributed by atoms with Crippen molar-refractivity contribution in [2.24, 2.45) is 0 Å². The van der Waals surface area contributed by atoms with E-state index in [0.29, 0.717) is 0 Å². The molecule has 0 saturated carbocycles. The van der Waals surface area contributed by atoms with Crippen LogP contribution in [0.15, 0.2) is 12.7 Å². The fourth-order valence-electron chi connectivity index (χ4n) is 2.40. The van der Waals surface area contributed by atoms with Crippen molar-refractivity contribution >= 4 is 0 Å². The van der Waals surface area contributed by atoms with Gasteiger partial charge < -0.3 is 4.74 Å². The number of ether oxygens (including phenoxy) is 1. The van der Waals surface area contributed by atoms with Crippen molar-refractivity contribution in [1.29, 1.82) is 0 Å². The summed E-state index contributed by atoms with van der Waals surface area (Å²) >= 11 is 0. The first-order valence-corrected chi connectivity index (χ1v) is 8.37. The first-order valence-electron chi connectivity index (χ1n) is 8.37. The molecule has 0 bridgehead atoms. The molecular formula is C18H35O. The Balaban J connectivity index is 2.89. The van der Waals surface area contributed by atoms with Crippen molar-refractivity contribution in [1.82, 2.24) is 0 Å². The van der Waals surface area contributed by atoms with Crippen LogP contribution in [0.5, 0.6) is 0 Å². The predicted molar refractivity (Wildman–Crippen MR) is 86.1 cm³/mol. The van der Waals surface area contributed by atoms with Crippen LogP contribution < -0.4 is 0 Å². The monoisotopic (exact) mass is 267 g/mol. The van der Waals surface area contributed by atoms with Gasteiger partial charge in [0.2, 0.25) is 0 Å². The Morgan fingerprint density at radius 1 is 0.632 bits per heavy atom. The minimum Gasteiger partial charge on any atom is -0.379 e. The van der Waals surface area contributed by atoms with Crippen LogP contribution in [-0.4, -0.2) is 7.11 Å². The maximum absolute atomic E-state index is 4.93. The maximum atomic E-state index is 4.93. The summed E-state index contributed by atoms with van der Waals surface area (Å²) in [5.74, 6) is 0. The Bertz CT molecular complexity index is 165. The molecule has 1 heteroatoms. The van der Waals surface area contributed by atoms with Crippen LogP contribution in [0.3, 0.4) is 0 Å². The molecule has 0 fully saturated rings. The van der Waals surface area contributed by atoms with E-state index >= 15 is 0 Å². The normalized spacial score (nSPS) is 10.8. The summed E-state index contributed by atoms with van der Waals surface area (Å²) in [5, 5.41) is 0. The van der Waals surface area contributed by atoms with Crippen LogP contribution in [0.4, 0.5) is 0 Å². The summed E-state index contributed by atoms with van der Waals surface area (Å²) < 4.78 is 4.93. The van der Waals surface area contributed by atoms with Crippen LogP contribution >= 0.6 is 0 Å². The average molecular weight is 267 g/mol. The summed E-state index contributed by atoms with van der Waals surface area (Å²) in [4.78, 5) is 0. The van der Waals surface area contributed by atoms with Gasteiger partial charge in [-0.2, -0.15) is 0 Å². The van der Waals surface area contributed by atoms with Gasteiger partial charge in [0.1, 0.15) is 0 Å². The van der Waals surface area contributed by atoms with E-state index in [9.17, 15) is 0 Å². The van der Waals surface area contributed by atoms with Gasteiger partial charge in [0.05, 0.1) is 6.61 Å². The molecule has 0 unspecified atom stereocenters. The molecule has 0 spiro atoms. The highest BCUT2D eigenvalue weighted by Gasteiger charge is 1.94. The molecule has 1 nitrogen and oxygen atoms in total. The van der Waals surface area contributed by atoms with Gasteiger partial charge >= 0.3 is 0 Å². The highest BCUT2D eigenvalue weighted by atomic mass is 16.5. The predicted octanol–water partition coefficient (Wildman–Crippen LogP) is 6.44. The number of methoxy groups -OCH3 is 1. The van der Waals surface area contributed by atoms with Gasteiger partial charge in [0.15, 0.2) is 0 Å². The van der Waals surface area contributed by atoms with Gasteiger partial charge in [0, 0.05) is 7.11 Å². The molecule has 0 amide bonds. The third-order valence-corrected chi connectivity index (χ3v) is 3.65. The van der Waals surface area contributed by atoms with Crippen molar-refractivity contribution in [3.8, 4) is 0 Å². The van der Waals surface area contributed by atoms with Crippen LogP contribution in [0.25, 0.3) is 0 Å². The van der Waals surface area contributed by atoms with E-state index in [2.05, 4.69) is 6.58 Å². The second kappa shape index (κ2) is 17.7. The van der Waals surface area contributed by atoms with Gasteiger partial charge in [-0.15, -0.1) is 6.58 Å². The molecule has 0 aliphatic heterocycles. The van der Waals surface area contributed by atoms with E-state index in [1.807, 2.05) is 12.7 Å². The molecule has 1 radical (unpaired) electrons. The molecule has 0 aliphatic rings. The van der Waals surface area contributed by atoms with Gasteiger partial charge in [-0.25, -0.2) is 0 Å². The first kappa shape index (κ1) is 18.7. The molecule has 0 rings (SSSR count). The fourth-order valence-corrected chi connectivity index (χ4v) is 2.40. The van der Waals surface area contributed by atoms with Gasteiger partial charge in [-0.05, 0) is 19.3 Å². The van der Waals surface area contributed by atoms with Crippen molar-refractivity contribution < 1.29 is 4.74 Å². The topological polar surface area (TPSA) is 9.23 Å². The Kier molecular flexibility index (Phi) is 17.4. The Morgan fingerprint density at radius 2 is 1.00 bits per heavy atom. The Hall–Kier alpha value is -0.300. The maximum Gasteiger partial charge on any atom is 0.0832 e. The number of allylic oxidation sites excluding steroid dienone is 1. The minimum absolute atomic E-state index is 1.11. The summed E-state index contributed by atoms with van der Waals surface area (Å²) in [6, 6.07) is 0. The molecular weight excluding hydrogens is 232 g/mol. The lowest BCUT2D eigenvalue weighted by atomic mass is 10.0. The lowest BCUT2D eigenvalue weighted by Crippen LogP contribution is -1.84. The van der Waals surface area contributed by atoms with Crippen molar-refractivity contribution in [2.45, 2.75) is 89.9 Å². The molecule has 0 saturated heterocycles. The smallest absolute Gasteiger partial charge is 0.0832 e. The summed E-state index contributed by atoms with van der Waals surface area (Å²) in [7, 11) is 1.74. The van der Waals surface area contributed by atoms with Crippen molar-refractivity contribution in [2.75, 3.05) is 7.11 Å². The molecule has 0 N–H and O–H groups in total. The lowest BCUT2D eigenvalue weighted by Gasteiger charge is -2.03. The van der Waals surface area contributed by atoms with Crippen LogP contribution in [0.1, 0.15) is 89.9 Å². The fraction of sp³-hybridized carbons (Fsp3) is 0.833. The average Bonchev–Trinajstić information content (AvgIpc) is 2.43. The molecule has 0 atom stereocenters. The number of unbranched alkanes of at least 4 members (excludes halogenated alkanes) is 13. The standard InChI is InChI=1S/C18H35O/c1-3-4-5-6-7-8-9-10-11-12-13-14-15-16-17-18-19-2/h3,18H,1,4-17H2,2H3. The van der Waals surface area contributed by atoms with Gasteiger partial charge in [-0.1, -0.05) is 76.7 Å². The molecule has 0 aliphatic carbocycles. The van der Waals surface area contributed by atoms with Crippen LogP contribution in [0, 0.1) is 6.61 Å². The highest BCUT2D eigenvalue weighted by Crippen LogP contribution is 2.13. The van der Waals surface area contributed by atoms with Crippen LogP contribution in [-0.2, 0) is 4.74 Å². The third-order valence-electron chi connectivity index (χ3n) is 3.65. The zero-order valence-corrected chi connectivity index (χ0v) is 13.2. The summed E-state index contributed by atoms with van der Waals surface area (Å²) in [6.07, 6.45) is 21.2. The third kappa shape index (κ3) is 17.7. The van der Waals surface area contributed by atoms with Crippen molar-refractivity contribution in [3.63, 3.8) is 0 Å².